The fourth-order valence-electron chi connectivity index (χ4n) is 1.66. The number of benzene rings is 1. The average molecular weight is 281 g/mol. The van der Waals surface area contributed by atoms with Gasteiger partial charge in [0.15, 0.2) is 0 Å². The number of esters is 2. The number of para-hydroxylation sites is 2. The van der Waals surface area contributed by atoms with Crippen LogP contribution < -0.4 is 9.64 Å². The van der Waals surface area contributed by atoms with Crippen LogP contribution in [0.15, 0.2) is 24.3 Å². The van der Waals surface area contributed by atoms with Crippen LogP contribution in [0.1, 0.15) is 6.92 Å². The first-order chi connectivity index (χ1) is 9.62. The van der Waals surface area contributed by atoms with Gasteiger partial charge in [-0.3, -0.25) is 9.59 Å². The summed E-state index contributed by atoms with van der Waals surface area (Å²) in [4.78, 5) is 24.5. The standard InChI is InChI=1S/C14H19NO5/c1-4-20-12-8-6-5-7-11(12)15(9-13(16)18-2)10-14(17)19-3/h5-8H,4,9-10H2,1-3H3. The maximum atomic E-state index is 11.5. The molecule has 0 aliphatic rings. The molecule has 0 spiro atoms. The van der Waals surface area contributed by atoms with E-state index >= 15 is 0 Å². The smallest absolute Gasteiger partial charge is 0.325 e. The molecule has 110 valence electrons. The SMILES string of the molecule is CCOc1ccccc1N(CC(=O)OC)CC(=O)OC. The molecular weight excluding hydrogens is 262 g/mol. The Morgan fingerprint density at radius 3 is 2.10 bits per heavy atom. The van der Waals surface area contributed by atoms with E-state index in [0.717, 1.165) is 0 Å². The molecule has 1 rings (SSSR count). The Morgan fingerprint density at radius 1 is 1.05 bits per heavy atom. The molecule has 0 heterocycles. The second-order valence-corrected chi connectivity index (χ2v) is 3.91. The van der Waals surface area contributed by atoms with Crippen molar-refractivity contribution in [1.29, 1.82) is 0 Å². The molecule has 0 saturated carbocycles. The van der Waals surface area contributed by atoms with Gasteiger partial charge in [0.2, 0.25) is 0 Å². The summed E-state index contributed by atoms with van der Waals surface area (Å²) in [6.07, 6.45) is 0. The van der Waals surface area contributed by atoms with E-state index in [9.17, 15) is 9.59 Å². The zero-order valence-corrected chi connectivity index (χ0v) is 11.9. The molecule has 0 amide bonds. The molecule has 0 atom stereocenters. The molecule has 0 saturated heterocycles. The fourth-order valence-corrected chi connectivity index (χ4v) is 1.66. The van der Waals surface area contributed by atoms with Crippen molar-refractivity contribution in [2.75, 3.05) is 38.8 Å². The van der Waals surface area contributed by atoms with Crippen LogP contribution in [-0.2, 0) is 19.1 Å². The Bertz CT molecular complexity index is 443. The van der Waals surface area contributed by atoms with Gasteiger partial charge in [-0.05, 0) is 19.1 Å². The van der Waals surface area contributed by atoms with Crippen LogP contribution in [0.5, 0.6) is 5.75 Å². The number of anilines is 1. The maximum Gasteiger partial charge on any atom is 0.325 e. The molecule has 6 heteroatoms. The van der Waals surface area contributed by atoms with Gasteiger partial charge < -0.3 is 19.1 Å². The summed E-state index contributed by atoms with van der Waals surface area (Å²) < 4.78 is 14.8. The van der Waals surface area contributed by atoms with Crippen molar-refractivity contribution in [3.05, 3.63) is 24.3 Å². The number of methoxy groups -OCH3 is 2. The number of ether oxygens (including phenoxy) is 3. The zero-order chi connectivity index (χ0) is 15.0. The second kappa shape index (κ2) is 8.04. The van der Waals surface area contributed by atoms with Crippen LogP contribution in [0.3, 0.4) is 0 Å². The average Bonchev–Trinajstić information content (AvgIpc) is 2.47. The van der Waals surface area contributed by atoms with Gasteiger partial charge in [-0.2, -0.15) is 0 Å². The lowest BCUT2D eigenvalue weighted by Gasteiger charge is -2.24. The van der Waals surface area contributed by atoms with Gasteiger partial charge in [-0.1, -0.05) is 12.1 Å². The summed E-state index contributed by atoms with van der Waals surface area (Å²) in [5.41, 5.74) is 0.644. The molecule has 20 heavy (non-hydrogen) atoms. The lowest BCUT2D eigenvalue weighted by atomic mass is 10.2. The minimum absolute atomic E-state index is 0.0598. The van der Waals surface area contributed by atoms with E-state index in [1.54, 1.807) is 23.1 Å². The van der Waals surface area contributed by atoms with Crippen molar-refractivity contribution < 1.29 is 23.8 Å². The first kappa shape index (κ1) is 15.8. The molecular formula is C14H19NO5. The highest BCUT2D eigenvalue weighted by atomic mass is 16.5. The second-order valence-electron chi connectivity index (χ2n) is 3.91. The van der Waals surface area contributed by atoms with Crippen LogP contribution in [-0.4, -0.2) is 45.9 Å². The van der Waals surface area contributed by atoms with Crippen LogP contribution in [0.2, 0.25) is 0 Å². The lowest BCUT2D eigenvalue weighted by Crippen LogP contribution is -2.35. The molecule has 1 aromatic rings. The molecule has 0 unspecified atom stereocenters. The highest BCUT2D eigenvalue weighted by Gasteiger charge is 2.19. The normalized spacial score (nSPS) is 9.75. The largest absolute Gasteiger partial charge is 0.492 e. The monoisotopic (exact) mass is 281 g/mol. The molecule has 0 aliphatic carbocycles. The third kappa shape index (κ3) is 4.46. The van der Waals surface area contributed by atoms with E-state index in [-0.39, 0.29) is 13.1 Å². The quantitative estimate of drug-likeness (QED) is 0.701. The van der Waals surface area contributed by atoms with E-state index in [2.05, 4.69) is 9.47 Å². The first-order valence-electron chi connectivity index (χ1n) is 6.22. The van der Waals surface area contributed by atoms with Crippen LogP contribution >= 0.6 is 0 Å². The summed E-state index contributed by atoms with van der Waals surface area (Å²) in [5.74, 6) is -0.289. The Labute approximate surface area is 118 Å². The summed E-state index contributed by atoms with van der Waals surface area (Å²) in [5, 5.41) is 0. The van der Waals surface area contributed by atoms with Crippen LogP contribution in [0.25, 0.3) is 0 Å². The van der Waals surface area contributed by atoms with E-state index in [4.69, 9.17) is 4.74 Å². The van der Waals surface area contributed by atoms with Crippen molar-refractivity contribution in [3.63, 3.8) is 0 Å². The lowest BCUT2D eigenvalue weighted by molar-refractivity contribution is -0.140. The molecule has 0 radical (unpaired) electrons. The van der Waals surface area contributed by atoms with Crippen molar-refractivity contribution >= 4 is 17.6 Å². The van der Waals surface area contributed by atoms with E-state index in [1.807, 2.05) is 13.0 Å². The highest BCUT2D eigenvalue weighted by Crippen LogP contribution is 2.27. The van der Waals surface area contributed by atoms with Crippen molar-refractivity contribution in [2.24, 2.45) is 0 Å². The topological polar surface area (TPSA) is 65.1 Å². The van der Waals surface area contributed by atoms with Crippen LogP contribution in [0, 0.1) is 0 Å². The summed E-state index contributed by atoms with van der Waals surface area (Å²) in [6.45, 7) is 2.23. The third-order valence-corrected chi connectivity index (χ3v) is 2.60. The maximum absolute atomic E-state index is 11.5. The van der Waals surface area contributed by atoms with Crippen LogP contribution in [0.4, 0.5) is 5.69 Å². The van der Waals surface area contributed by atoms with Crippen molar-refractivity contribution in [2.45, 2.75) is 6.92 Å². The van der Waals surface area contributed by atoms with Gasteiger partial charge in [0.05, 0.1) is 26.5 Å². The number of carbonyl (C=O) groups excluding carboxylic acids is 2. The van der Waals surface area contributed by atoms with E-state index < -0.39 is 11.9 Å². The molecule has 0 N–H and O–H groups in total. The van der Waals surface area contributed by atoms with Gasteiger partial charge in [0, 0.05) is 0 Å². The van der Waals surface area contributed by atoms with E-state index in [0.29, 0.717) is 18.0 Å². The van der Waals surface area contributed by atoms with Gasteiger partial charge in [0.25, 0.3) is 0 Å². The Kier molecular flexibility index (Phi) is 6.36. The van der Waals surface area contributed by atoms with E-state index in [1.165, 1.54) is 14.2 Å². The number of carbonyl (C=O) groups is 2. The first-order valence-corrected chi connectivity index (χ1v) is 6.22. The van der Waals surface area contributed by atoms with Gasteiger partial charge in [0.1, 0.15) is 18.8 Å². The predicted molar refractivity (Wildman–Crippen MR) is 73.9 cm³/mol. The highest BCUT2D eigenvalue weighted by molar-refractivity contribution is 5.82. The number of nitrogens with zero attached hydrogens (tertiary/aromatic N) is 1. The van der Waals surface area contributed by atoms with Gasteiger partial charge in [-0.25, -0.2) is 0 Å². The predicted octanol–water partition coefficient (Wildman–Crippen LogP) is 1.24. The van der Waals surface area contributed by atoms with Gasteiger partial charge >= 0.3 is 11.9 Å². The summed E-state index contributed by atoms with van der Waals surface area (Å²) in [6, 6.07) is 7.18. The fraction of sp³-hybridized carbons (Fsp3) is 0.429. The number of hydrogen-bond donors (Lipinski definition) is 0. The molecule has 1 aromatic carbocycles. The third-order valence-electron chi connectivity index (χ3n) is 2.60. The Morgan fingerprint density at radius 2 is 1.60 bits per heavy atom. The number of rotatable bonds is 7. The zero-order valence-electron chi connectivity index (χ0n) is 11.9. The molecule has 6 nitrogen and oxygen atoms in total. The Balaban J connectivity index is 3.02. The molecule has 0 fully saturated rings. The summed E-state index contributed by atoms with van der Waals surface area (Å²) in [7, 11) is 2.60. The number of hydrogen-bond acceptors (Lipinski definition) is 6. The van der Waals surface area contributed by atoms with Gasteiger partial charge in [-0.15, -0.1) is 0 Å². The summed E-state index contributed by atoms with van der Waals surface area (Å²) >= 11 is 0. The molecule has 0 aromatic heterocycles. The minimum Gasteiger partial charge on any atom is -0.492 e. The minimum atomic E-state index is -0.444. The molecule has 0 bridgehead atoms. The van der Waals surface area contributed by atoms with Crippen molar-refractivity contribution in [3.8, 4) is 5.75 Å². The Hall–Kier alpha value is -2.24. The van der Waals surface area contributed by atoms with Crippen molar-refractivity contribution in [1.82, 2.24) is 0 Å². The molecule has 0 aliphatic heterocycles.